The largest absolute Gasteiger partial charge is 0.486 e. The average Bonchev–Trinajstić information content (AvgIpc) is 2.81. The van der Waals surface area contributed by atoms with Gasteiger partial charge in [0.2, 0.25) is 5.91 Å². The molecule has 2 aromatic rings. The van der Waals surface area contributed by atoms with Gasteiger partial charge in [0.1, 0.15) is 23.7 Å². The average molecular weight is 441 g/mol. The minimum atomic E-state index is -0.293. The molecule has 0 aromatic carbocycles. The van der Waals surface area contributed by atoms with Crippen LogP contribution in [-0.2, 0) is 9.53 Å². The number of nitriles is 1. The van der Waals surface area contributed by atoms with Gasteiger partial charge in [-0.2, -0.15) is 10.4 Å². The molecule has 1 saturated heterocycles. The normalized spacial score (nSPS) is 15.7. The van der Waals surface area contributed by atoms with Crippen molar-refractivity contribution < 1.29 is 14.3 Å². The third kappa shape index (κ3) is 6.04. The molecule has 2 atom stereocenters. The number of anilines is 1. The van der Waals surface area contributed by atoms with Gasteiger partial charge < -0.3 is 19.3 Å². The van der Waals surface area contributed by atoms with E-state index in [1.54, 1.807) is 19.2 Å². The van der Waals surface area contributed by atoms with Gasteiger partial charge in [-0.3, -0.25) is 9.59 Å². The third-order valence-corrected chi connectivity index (χ3v) is 5.30. The number of ether oxygens (including phenoxy) is 2. The molecule has 0 saturated carbocycles. The summed E-state index contributed by atoms with van der Waals surface area (Å²) >= 11 is 0. The van der Waals surface area contributed by atoms with Gasteiger partial charge >= 0.3 is 0 Å². The predicted molar refractivity (Wildman–Crippen MR) is 117 cm³/mol. The van der Waals surface area contributed by atoms with Crippen LogP contribution < -0.4 is 15.2 Å². The van der Waals surface area contributed by atoms with Crippen molar-refractivity contribution in [2.75, 3.05) is 37.7 Å². The number of hydrogen-bond acceptors (Lipinski definition) is 8. The van der Waals surface area contributed by atoms with Crippen molar-refractivity contribution in [1.82, 2.24) is 20.1 Å². The van der Waals surface area contributed by atoms with Gasteiger partial charge in [-0.1, -0.05) is 0 Å². The number of amides is 1. The van der Waals surface area contributed by atoms with Crippen LogP contribution in [0.2, 0.25) is 0 Å². The molecule has 1 amide bonds. The van der Waals surface area contributed by atoms with E-state index in [0.29, 0.717) is 49.7 Å². The summed E-state index contributed by atoms with van der Waals surface area (Å²) in [4.78, 5) is 32.5. The van der Waals surface area contributed by atoms with E-state index in [0.717, 1.165) is 5.82 Å². The van der Waals surface area contributed by atoms with Crippen LogP contribution in [0, 0.1) is 18.3 Å². The summed E-state index contributed by atoms with van der Waals surface area (Å²) in [5.41, 5.74) is 0.704. The minimum absolute atomic E-state index is 0.0492. The zero-order chi connectivity index (χ0) is 23.1. The second kappa shape index (κ2) is 10.7. The summed E-state index contributed by atoms with van der Waals surface area (Å²) in [6, 6.07) is 5.64. The summed E-state index contributed by atoms with van der Waals surface area (Å²) in [7, 11) is 0. The number of pyridine rings is 1. The van der Waals surface area contributed by atoms with E-state index in [1.165, 1.54) is 6.20 Å². The van der Waals surface area contributed by atoms with Crippen molar-refractivity contribution in [2.45, 2.75) is 39.4 Å². The number of carbonyl (C=O) groups excluding carboxylic acids is 1. The van der Waals surface area contributed by atoms with Crippen molar-refractivity contribution in [3.8, 4) is 11.8 Å². The van der Waals surface area contributed by atoms with Gasteiger partial charge in [0.05, 0.1) is 36.5 Å². The molecule has 10 heteroatoms. The highest BCUT2D eigenvalue weighted by atomic mass is 16.5. The lowest BCUT2D eigenvalue weighted by Crippen LogP contribution is -2.49. The number of aromatic amines is 1. The molecule has 32 heavy (non-hydrogen) atoms. The number of carbonyl (C=O) groups is 1. The van der Waals surface area contributed by atoms with Gasteiger partial charge in [-0.05, 0) is 32.9 Å². The van der Waals surface area contributed by atoms with Crippen molar-refractivity contribution in [2.24, 2.45) is 0 Å². The number of nitrogens with zero attached hydrogens (tertiary/aromatic N) is 5. The molecule has 10 nitrogen and oxygen atoms in total. The maximum absolute atomic E-state index is 12.7. The van der Waals surface area contributed by atoms with Crippen LogP contribution in [0.4, 0.5) is 5.82 Å². The van der Waals surface area contributed by atoms with Crippen LogP contribution in [0.5, 0.6) is 5.75 Å². The van der Waals surface area contributed by atoms with Gasteiger partial charge in [-0.15, -0.1) is 0 Å². The summed E-state index contributed by atoms with van der Waals surface area (Å²) < 4.78 is 11.5. The van der Waals surface area contributed by atoms with E-state index in [-0.39, 0.29) is 30.1 Å². The first-order valence-electron chi connectivity index (χ1n) is 10.6. The first-order chi connectivity index (χ1) is 15.4. The van der Waals surface area contributed by atoms with Crippen LogP contribution in [0.3, 0.4) is 0 Å². The van der Waals surface area contributed by atoms with Crippen molar-refractivity contribution in [1.29, 1.82) is 5.26 Å². The molecule has 1 unspecified atom stereocenters. The quantitative estimate of drug-likeness (QED) is 0.650. The summed E-state index contributed by atoms with van der Waals surface area (Å²) in [6.45, 7) is 8.26. The van der Waals surface area contributed by atoms with E-state index in [2.05, 4.69) is 26.2 Å². The van der Waals surface area contributed by atoms with E-state index < -0.39 is 0 Å². The Hall–Kier alpha value is -3.45. The number of hydrogen-bond donors (Lipinski definition) is 1. The van der Waals surface area contributed by atoms with Gasteiger partial charge in [0.25, 0.3) is 5.56 Å². The summed E-state index contributed by atoms with van der Waals surface area (Å²) in [5.74, 6) is 1.28. The first-order valence-corrected chi connectivity index (χ1v) is 10.6. The molecule has 3 rings (SSSR count). The van der Waals surface area contributed by atoms with Crippen LogP contribution >= 0.6 is 0 Å². The fourth-order valence-corrected chi connectivity index (χ4v) is 3.37. The summed E-state index contributed by atoms with van der Waals surface area (Å²) in [5, 5.41) is 15.0. The van der Waals surface area contributed by atoms with E-state index >= 15 is 0 Å². The molecular formula is C22H28N6O4. The first kappa shape index (κ1) is 23.2. The number of H-pyrrole nitrogens is 1. The predicted octanol–water partition coefficient (Wildman–Crippen LogP) is 1.26. The Morgan fingerprint density at radius 1 is 1.22 bits per heavy atom. The summed E-state index contributed by atoms with van der Waals surface area (Å²) in [6.07, 6.45) is 2.76. The Kier molecular flexibility index (Phi) is 7.78. The zero-order valence-corrected chi connectivity index (χ0v) is 18.6. The lowest BCUT2D eigenvalue weighted by Gasteiger charge is -2.35. The van der Waals surface area contributed by atoms with Crippen LogP contribution in [0.15, 0.2) is 29.3 Å². The van der Waals surface area contributed by atoms with Crippen molar-refractivity contribution in [3.05, 3.63) is 46.0 Å². The molecular weight excluding hydrogens is 412 g/mol. The highest BCUT2D eigenvalue weighted by molar-refractivity contribution is 5.77. The number of nitrogens with one attached hydrogen (secondary N) is 1. The van der Waals surface area contributed by atoms with E-state index in [4.69, 9.17) is 14.7 Å². The fourth-order valence-electron chi connectivity index (χ4n) is 3.37. The monoisotopic (exact) mass is 440 g/mol. The number of aromatic nitrogens is 3. The molecule has 1 N–H and O–H groups in total. The number of rotatable bonds is 8. The molecule has 1 fully saturated rings. The second-order valence-electron chi connectivity index (χ2n) is 7.85. The molecule has 2 aromatic heterocycles. The molecule has 3 heterocycles. The molecule has 0 radical (unpaired) electrons. The Bertz CT molecular complexity index is 1010. The third-order valence-electron chi connectivity index (χ3n) is 5.30. The van der Waals surface area contributed by atoms with Gasteiger partial charge in [-0.25, -0.2) is 10.1 Å². The van der Waals surface area contributed by atoms with Crippen LogP contribution in [-0.4, -0.2) is 71.0 Å². The second-order valence-corrected chi connectivity index (χ2v) is 7.85. The highest BCUT2D eigenvalue weighted by Crippen LogP contribution is 2.16. The lowest BCUT2D eigenvalue weighted by molar-refractivity contribution is -0.134. The molecule has 1 aliphatic heterocycles. The zero-order valence-electron chi connectivity index (χ0n) is 18.6. The van der Waals surface area contributed by atoms with E-state index in [9.17, 15) is 9.59 Å². The molecule has 0 spiro atoms. The lowest BCUT2D eigenvalue weighted by atomic mass is 10.2. The SMILES string of the molecule is Cc1c(O[C@H](C)COC(C)CC(=O)N2CCN(c3ccc(C#N)cn3)CC2)cn[nH]c1=O. The Labute approximate surface area is 186 Å². The maximum atomic E-state index is 12.7. The van der Waals surface area contributed by atoms with Crippen LogP contribution in [0.25, 0.3) is 0 Å². The Morgan fingerprint density at radius 3 is 2.62 bits per heavy atom. The van der Waals surface area contributed by atoms with Crippen molar-refractivity contribution >= 4 is 11.7 Å². The number of piperazine rings is 1. The van der Waals surface area contributed by atoms with Crippen LogP contribution in [0.1, 0.15) is 31.4 Å². The fraction of sp³-hybridized carbons (Fsp3) is 0.500. The van der Waals surface area contributed by atoms with Crippen molar-refractivity contribution in [3.63, 3.8) is 0 Å². The maximum Gasteiger partial charge on any atom is 0.270 e. The topological polar surface area (TPSA) is 124 Å². The highest BCUT2D eigenvalue weighted by Gasteiger charge is 2.23. The Morgan fingerprint density at radius 2 is 1.97 bits per heavy atom. The minimum Gasteiger partial charge on any atom is -0.486 e. The Balaban J connectivity index is 1.40. The smallest absolute Gasteiger partial charge is 0.270 e. The molecule has 1 aliphatic rings. The van der Waals surface area contributed by atoms with Gasteiger partial charge in [0.15, 0.2) is 0 Å². The molecule has 170 valence electrons. The molecule has 0 bridgehead atoms. The molecule has 0 aliphatic carbocycles. The van der Waals surface area contributed by atoms with E-state index in [1.807, 2.05) is 24.8 Å². The van der Waals surface area contributed by atoms with Gasteiger partial charge in [0, 0.05) is 32.4 Å². The standard InChI is InChI=1S/C22H28N6O4/c1-15(31-14-16(2)32-19-13-25-26-22(30)17(19)3)10-21(29)28-8-6-27(7-9-28)20-5-4-18(11-23)12-24-20/h4-5,12-13,15-16H,6-10,14H2,1-3H3,(H,26,30)/t15?,16-/m1/s1.